The van der Waals surface area contributed by atoms with E-state index in [2.05, 4.69) is 9.72 Å². The molecule has 0 aliphatic carbocycles. The van der Waals surface area contributed by atoms with E-state index in [4.69, 9.17) is 11.6 Å². The van der Waals surface area contributed by atoms with Crippen LogP contribution in [0.5, 0.6) is 0 Å². The number of halogens is 1. The van der Waals surface area contributed by atoms with Crippen LogP contribution in [0, 0.1) is 6.92 Å². The lowest BCUT2D eigenvalue weighted by Gasteiger charge is -2.29. The quantitative estimate of drug-likeness (QED) is 0.601. The molecule has 4 rings (SSSR count). The molecule has 3 heterocycles. The monoisotopic (exact) mass is 417 g/mol. The molecule has 29 heavy (non-hydrogen) atoms. The van der Waals surface area contributed by atoms with Crippen molar-refractivity contribution in [1.29, 1.82) is 0 Å². The van der Waals surface area contributed by atoms with Crippen molar-refractivity contribution in [3.05, 3.63) is 49.6 Å². The molecule has 0 unspecified atom stereocenters. The zero-order valence-corrected chi connectivity index (χ0v) is 17.1. The zero-order valence-electron chi connectivity index (χ0n) is 16.3. The SMILES string of the molecule is COC(=O)Cn1c(=O)c2c(nc3n2CCCN3c2ccc(C)c(Cl)c2)n(C)c1=O. The van der Waals surface area contributed by atoms with E-state index in [9.17, 15) is 14.4 Å². The molecular weight excluding hydrogens is 398 g/mol. The van der Waals surface area contributed by atoms with Gasteiger partial charge in [-0.25, -0.2) is 9.36 Å². The summed E-state index contributed by atoms with van der Waals surface area (Å²) in [5.41, 5.74) is 1.21. The number of carbonyl (C=O) groups excluding carboxylic acids is 1. The number of aryl methyl sites for hydroxylation is 3. The van der Waals surface area contributed by atoms with E-state index in [1.807, 2.05) is 30.0 Å². The van der Waals surface area contributed by atoms with Gasteiger partial charge in [-0.2, -0.15) is 4.98 Å². The third kappa shape index (κ3) is 3.02. The molecule has 3 aromatic rings. The maximum atomic E-state index is 13.1. The van der Waals surface area contributed by atoms with Crippen LogP contribution >= 0.6 is 11.6 Å². The first-order valence-corrected chi connectivity index (χ1v) is 9.52. The van der Waals surface area contributed by atoms with Crippen LogP contribution in [0.2, 0.25) is 5.02 Å². The van der Waals surface area contributed by atoms with Gasteiger partial charge in [0.25, 0.3) is 5.56 Å². The van der Waals surface area contributed by atoms with Crippen LogP contribution in [-0.4, -0.2) is 38.3 Å². The van der Waals surface area contributed by atoms with Crippen LogP contribution in [0.25, 0.3) is 11.2 Å². The molecule has 2 aromatic heterocycles. The Balaban J connectivity index is 1.95. The second-order valence-corrected chi connectivity index (χ2v) is 7.39. The molecule has 0 spiro atoms. The molecule has 0 amide bonds. The standard InChI is InChI=1S/C19H20ClN5O4/c1-11-5-6-12(9-13(11)20)23-7-4-8-24-15-16(21-18(23)24)22(2)19(28)25(17(15)27)10-14(26)29-3/h5-6,9H,4,7-8,10H2,1-3H3. The van der Waals surface area contributed by atoms with Gasteiger partial charge in [-0.15, -0.1) is 0 Å². The van der Waals surface area contributed by atoms with Crippen molar-refractivity contribution in [3.63, 3.8) is 0 Å². The number of carbonyl (C=O) groups is 1. The first-order chi connectivity index (χ1) is 13.8. The molecule has 0 saturated carbocycles. The molecule has 9 nitrogen and oxygen atoms in total. The predicted octanol–water partition coefficient (Wildman–Crippen LogP) is 1.57. The van der Waals surface area contributed by atoms with Crippen LogP contribution in [0.4, 0.5) is 11.6 Å². The Kier molecular flexibility index (Phi) is 4.70. The fraction of sp³-hybridized carbons (Fsp3) is 0.368. The number of esters is 1. The average Bonchev–Trinajstić information content (AvgIpc) is 3.11. The Labute approximate surface area is 170 Å². The highest BCUT2D eigenvalue weighted by Gasteiger charge is 2.27. The van der Waals surface area contributed by atoms with Gasteiger partial charge in [-0.1, -0.05) is 17.7 Å². The minimum absolute atomic E-state index is 0.279. The summed E-state index contributed by atoms with van der Waals surface area (Å²) in [6.07, 6.45) is 0.781. The van der Waals surface area contributed by atoms with Gasteiger partial charge in [0.15, 0.2) is 11.2 Å². The second kappa shape index (κ2) is 7.07. The van der Waals surface area contributed by atoms with Crippen molar-refractivity contribution >= 4 is 40.4 Å². The van der Waals surface area contributed by atoms with Crippen molar-refractivity contribution in [2.75, 3.05) is 18.6 Å². The third-order valence-corrected chi connectivity index (χ3v) is 5.61. The molecule has 0 fully saturated rings. The van der Waals surface area contributed by atoms with Gasteiger partial charge in [-0.05, 0) is 31.0 Å². The number of imidazole rings is 1. The maximum absolute atomic E-state index is 13.1. The lowest BCUT2D eigenvalue weighted by atomic mass is 10.2. The summed E-state index contributed by atoms with van der Waals surface area (Å²) in [4.78, 5) is 44.0. The molecule has 0 atom stereocenters. The smallest absolute Gasteiger partial charge is 0.333 e. The number of benzene rings is 1. The highest BCUT2D eigenvalue weighted by atomic mass is 35.5. The van der Waals surface area contributed by atoms with E-state index in [0.717, 1.165) is 22.2 Å². The molecule has 10 heteroatoms. The van der Waals surface area contributed by atoms with Gasteiger partial charge < -0.3 is 14.2 Å². The van der Waals surface area contributed by atoms with Crippen LogP contribution in [0.1, 0.15) is 12.0 Å². The topological polar surface area (TPSA) is 91.4 Å². The number of hydrogen-bond donors (Lipinski definition) is 0. The van der Waals surface area contributed by atoms with E-state index in [1.54, 1.807) is 4.57 Å². The van der Waals surface area contributed by atoms with Gasteiger partial charge in [-0.3, -0.25) is 14.2 Å². The van der Waals surface area contributed by atoms with Crippen molar-refractivity contribution in [2.45, 2.75) is 26.4 Å². The van der Waals surface area contributed by atoms with E-state index >= 15 is 0 Å². The minimum atomic E-state index is -0.669. The molecule has 1 aromatic carbocycles. The fourth-order valence-corrected chi connectivity index (χ4v) is 3.77. The second-order valence-electron chi connectivity index (χ2n) is 6.98. The summed E-state index contributed by atoms with van der Waals surface area (Å²) in [7, 11) is 2.74. The number of nitrogens with zero attached hydrogens (tertiary/aromatic N) is 5. The third-order valence-electron chi connectivity index (χ3n) is 5.20. The summed E-state index contributed by atoms with van der Waals surface area (Å²) < 4.78 is 8.57. The van der Waals surface area contributed by atoms with Gasteiger partial charge in [0.05, 0.1) is 7.11 Å². The summed E-state index contributed by atoms with van der Waals surface area (Å²) in [5.74, 6) is -0.105. The molecule has 1 aliphatic heterocycles. The van der Waals surface area contributed by atoms with Gasteiger partial charge in [0.2, 0.25) is 5.95 Å². The molecule has 0 radical (unpaired) electrons. The first kappa shape index (κ1) is 19.3. The van der Waals surface area contributed by atoms with E-state index in [-0.39, 0.29) is 11.2 Å². The Bertz CT molecular complexity index is 1260. The summed E-state index contributed by atoms with van der Waals surface area (Å²) in [5, 5.41) is 0.642. The maximum Gasteiger partial charge on any atom is 0.333 e. The summed E-state index contributed by atoms with van der Waals surface area (Å²) in [6.45, 7) is 2.76. The highest BCUT2D eigenvalue weighted by molar-refractivity contribution is 6.31. The van der Waals surface area contributed by atoms with E-state index in [0.29, 0.717) is 24.1 Å². The molecule has 1 aliphatic rings. The Morgan fingerprint density at radius 3 is 2.72 bits per heavy atom. The lowest BCUT2D eigenvalue weighted by Crippen LogP contribution is -2.41. The zero-order chi connectivity index (χ0) is 20.9. The van der Waals surface area contributed by atoms with Crippen LogP contribution in [0.15, 0.2) is 27.8 Å². The number of rotatable bonds is 3. The van der Waals surface area contributed by atoms with Crippen molar-refractivity contribution in [1.82, 2.24) is 18.7 Å². The fourth-order valence-electron chi connectivity index (χ4n) is 3.59. The average molecular weight is 418 g/mol. The molecule has 0 saturated heterocycles. The number of aromatic nitrogens is 4. The Morgan fingerprint density at radius 1 is 1.28 bits per heavy atom. The lowest BCUT2D eigenvalue weighted by molar-refractivity contribution is -0.141. The number of methoxy groups -OCH3 is 1. The van der Waals surface area contributed by atoms with Crippen LogP contribution in [-0.2, 0) is 29.7 Å². The van der Waals surface area contributed by atoms with Crippen molar-refractivity contribution in [3.8, 4) is 0 Å². The van der Waals surface area contributed by atoms with E-state index < -0.39 is 23.8 Å². The highest BCUT2D eigenvalue weighted by Crippen LogP contribution is 2.33. The summed E-state index contributed by atoms with van der Waals surface area (Å²) >= 11 is 6.30. The first-order valence-electron chi connectivity index (χ1n) is 9.14. The summed E-state index contributed by atoms with van der Waals surface area (Å²) in [6, 6.07) is 5.74. The van der Waals surface area contributed by atoms with Crippen LogP contribution < -0.4 is 16.1 Å². The predicted molar refractivity (Wildman–Crippen MR) is 109 cm³/mol. The Morgan fingerprint density at radius 2 is 2.03 bits per heavy atom. The number of fused-ring (bicyclic) bond motifs is 3. The normalized spacial score (nSPS) is 13.6. The molecule has 0 bridgehead atoms. The largest absolute Gasteiger partial charge is 0.468 e. The molecule has 0 N–H and O–H groups in total. The van der Waals surface area contributed by atoms with Gasteiger partial charge in [0, 0.05) is 30.8 Å². The molecular formula is C19H20ClN5O4. The van der Waals surface area contributed by atoms with Crippen molar-refractivity contribution < 1.29 is 9.53 Å². The van der Waals surface area contributed by atoms with E-state index in [1.165, 1.54) is 18.7 Å². The number of hydrogen-bond acceptors (Lipinski definition) is 6. The van der Waals surface area contributed by atoms with Crippen molar-refractivity contribution in [2.24, 2.45) is 7.05 Å². The Hall–Kier alpha value is -3.07. The van der Waals surface area contributed by atoms with Gasteiger partial charge in [0.1, 0.15) is 6.54 Å². The number of anilines is 2. The minimum Gasteiger partial charge on any atom is -0.468 e. The van der Waals surface area contributed by atoms with Gasteiger partial charge >= 0.3 is 11.7 Å². The molecule has 152 valence electrons. The number of ether oxygens (including phenoxy) is 1. The van der Waals surface area contributed by atoms with Crippen LogP contribution in [0.3, 0.4) is 0 Å².